The number of esters is 3. The molecule has 6 aromatic heterocycles. The Morgan fingerprint density at radius 2 is 0.730 bits per heavy atom. The number of ether oxygens (including phenoxy) is 6. The number of nitrogens with zero attached hydrogens (tertiary/aromatic N) is 9. The number of nitrogens with one attached hydrogen (secondary N) is 3. The number of aromatic amines is 3. The Hall–Kier alpha value is -7.08. The van der Waals surface area contributed by atoms with E-state index in [-0.39, 0.29) is 143 Å². The number of phosphoric ester groups is 3. The molecule has 0 aliphatic carbocycles. The second-order valence-corrected chi connectivity index (χ2v) is 36.1. The molecule has 0 amide bonds. The first kappa shape index (κ1) is 86.3. The fourth-order valence-corrected chi connectivity index (χ4v) is 18.7. The molecular weight excluding hydrogens is 1610 g/mol. The Morgan fingerprint density at radius 1 is 0.486 bits per heavy atom. The topological polar surface area (TPSA) is 561 Å². The van der Waals surface area contributed by atoms with E-state index in [9.17, 15) is 56.8 Å². The predicted octanol–water partition coefficient (Wildman–Crippen LogP) is 5.15. The van der Waals surface area contributed by atoms with Crippen LogP contribution in [-0.4, -0.2) is 222 Å². The van der Waals surface area contributed by atoms with Gasteiger partial charge in [-0.15, -0.1) is 0 Å². The molecule has 6 aliphatic heterocycles. The average molecular weight is 1690 g/mol. The van der Waals surface area contributed by atoms with Gasteiger partial charge in [-0.1, -0.05) is 35.3 Å². The lowest BCUT2D eigenvalue weighted by molar-refractivity contribution is -0.146. The molecule has 6 aliphatic rings. The van der Waals surface area contributed by atoms with E-state index in [2.05, 4.69) is 44.9 Å². The van der Waals surface area contributed by atoms with Gasteiger partial charge in [0.05, 0.1) is 74.9 Å². The smallest absolute Gasteiger partial charge is 0.465 e. The standard InChI is InChI=1S/3C20H27FN5O9PS/c3*1-10(27)31-8-19(2,3)17(29)37-6-5-32-36(30)33-7-11-13(35-36)20(4,21)16(34-11)26-9-23-12-14(26)24-18(22)25-15(12)28/h3*9,11,13,16H,5-8H2,1-4H3,(H3,22,24,25,28)/t11-,13-,16-,20-,36?;11-,13-,16-,20-,36+;11-,13-,16-,20-,36-/m111/s1. The maximum Gasteiger partial charge on any atom is 0.475 e. The Bertz CT molecular complexity index is 4420. The summed E-state index contributed by atoms with van der Waals surface area (Å²) in [5, 5.41) is -0.777. The summed E-state index contributed by atoms with van der Waals surface area (Å²) in [5.74, 6) is -1.73. The molecule has 612 valence electrons. The van der Waals surface area contributed by atoms with E-state index in [0.29, 0.717) is 0 Å². The van der Waals surface area contributed by atoms with Gasteiger partial charge >= 0.3 is 41.4 Å². The third-order valence-electron chi connectivity index (χ3n) is 17.3. The van der Waals surface area contributed by atoms with Crippen LogP contribution in [0.5, 0.6) is 0 Å². The van der Waals surface area contributed by atoms with Crippen molar-refractivity contribution in [2.24, 2.45) is 16.2 Å². The van der Waals surface area contributed by atoms with Crippen molar-refractivity contribution in [1.29, 1.82) is 0 Å². The number of aromatic nitrogens is 12. The minimum atomic E-state index is -4.19. The summed E-state index contributed by atoms with van der Waals surface area (Å²) in [6.07, 6.45) is -7.30. The van der Waals surface area contributed by atoms with Crippen LogP contribution in [0.1, 0.15) is 102 Å². The van der Waals surface area contributed by atoms with Gasteiger partial charge in [-0.05, 0) is 62.3 Å². The summed E-state index contributed by atoms with van der Waals surface area (Å²) in [5.41, 5.74) is 5.34. The molecule has 0 bridgehead atoms. The Kier molecular flexibility index (Phi) is 26.0. The molecule has 51 heteroatoms. The molecule has 0 radical (unpaired) electrons. The fourth-order valence-electron chi connectivity index (χ4n) is 11.5. The van der Waals surface area contributed by atoms with Crippen molar-refractivity contribution in [3.63, 3.8) is 0 Å². The molecule has 6 saturated heterocycles. The summed E-state index contributed by atoms with van der Waals surface area (Å²) in [6.45, 7) is 15.4. The highest BCUT2D eigenvalue weighted by Gasteiger charge is 2.65. The van der Waals surface area contributed by atoms with Crippen molar-refractivity contribution in [3.8, 4) is 0 Å². The number of rotatable bonds is 24. The van der Waals surface area contributed by atoms with Crippen LogP contribution >= 0.6 is 58.8 Å². The minimum absolute atomic E-state index is 0.00689. The van der Waals surface area contributed by atoms with Crippen LogP contribution in [0.3, 0.4) is 0 Å². The van der Waals surface area contributed by atoms with E-state index in [1.165, 1.54) is 74.2 Å². The van der Waals surface area contributed by atoms with Crippen LogP contribution in [0.2, 0.25) is 0 Å². The summed E-state index contributed by atoms with van der Waals surface area (Å²) >= 11 is 2.71. The molecule has 6 fully saturated rings. The van der Waals surface area contributed by atoms with Crippen molar-refractivity contribution in [1.82, 2.24) is 58.6 Å². The molecule has 0 saturated carbocycles. The van der Waals surface area contributed by atoms with E-state index in [0.717, 1.165) is 35.3 Å². The van der Waals surface area contributed by atoms with Crippen molar-refractivity contribution in [3.05, 3.63) is 50.0 Å². The normalized spacial score (nSPS) is 29.8. The highest BCUT2D eigenvalue weighted by atomic mass is 32.2. The molecule has 6 aromatic rings. The number of halogens is 3. The molecule has 12 rings (SSSR count). The number of H-pyrrole nitrogens is 3. The molecule has 111 heavy (non-hydrogen) atoms. The van der Waals surface area contributed by atoms with Gasteiger partial charge in [-0.2, -0.15) is 15.0 Å². The highest BCUT2D eigenvalue weighted by Crippen LogP contribution is 2.63. The van der Waals surface area contributed by atoms with Crippen molar-refractivity contribution in [2.75, 3.05) is 93.9 Å². The number of nitrogen functional groups attached to an aromatic ring is 3. The molecule has 15 atom stereocenters. The Balaban J connectivity index is 0.000000177. The van der Waals surface area contributed by atoms with E-state index < -0.39 is 147 Å². The van der Waals surface area contributed by atoms with Crippen LogP contribution in [0, 0.1) is 16.2 Å². The van der Waals surface area contributed by atoms with Crippen LogP contribution in [0.25, 0.3) is 33.5 Å². The number of hydrogen-bond donors (Lipinski definition) is 6. The summed E-state index contributed by atoms with van der Waals surface area (Å²) in [6, 6.07) is 0. The molecule has 0 spiro atoms. The first-order valence-electron chi connectivity index (χ1n) is 33.5. The average Bonchev–Trinajstić information content (AvgIpc) is 1.59. The van der Waals surface area contributed by atoms with Gasteiger partial charge in [0.2, 0.25) is 17.8 Å². The second-order valence-electron chi connectivity index (χ2n) is 28.1. The molecule has 42 nitrogen and oxygen atoms in total. The van der Waals surface area contributed by atoms with Crippen LogP contribution < -0.4 is 33.9 Å². The minimum Gasteiger partial charge on any atom is -0.465 e. The van der Waals surface area contributed by atoms with Gasteiger partial charge in [0.1, 0.15) is 56.4 Å². The van der Waals surface area contributed by atoms with E-state index in [4.69, 9.17) is 86.3 Å². The summed E-state index contributed by atoms with van der Waals surface area (Å²) in [4.78, 5) is 137. The van der Waals surface area contributed by atoms with Gasteiger partial charge in [-0.3, -0.25) is 113 Å². The highest BCUT2D eigenvalue weighted by molar-refractivity contribution is 8.14. The van der Waals surface area contributed by atoms with Gasteiger partial charge in [0.15, 0.2) is 84.5 Å². The van der Waals surface area contributed by atoms with Crippen LogP contribution in [-0.2, 0) is 112 Å². The van der Waals surface area contributed by atoms with E-state index in [1.54, 1.807) is 41.5 Å². The number of anilines is 3. The second kappa shape index (κ2) is 33.4. The van der Waals surface area contributed by atoms with Gasteiger partial charge < -0.3 is 45.6 Å². The van der Waals surface area contributed by atoms with Crippen molar-refractivity contribution in [2.45, 2.75) is 155 Å². The Morgan fingerprint density at radius 3 is 0.964 bits per heavy atom. The maximum absolute atomic E-state index is 16.0. The third kappa shape index (κ3) is 19.3. The van der Waals surface area contributed by atoms with Crippen molar-refractivity contribution >= 4 is 143 Å². The van der Waals surface area contributed by atoms with Gasteiger partial charge in [-0.25, -0.2) is 41.8 Å². The number of carbonyl (C=O) groups excluding carboxylic acids is 6. The van der Waals surface area contributed by atoms with Gasteiger partial charge in [0, 0.05) is 38.0 Å². The Labute approximate surface area is 639 Å². The molecule has 12 heterocycles. The van der Waals surface area contributed by atoms with Crippen molar-refractivity contribution < 1.29 is 125 Å². The third-order valence-corrected chi connectivity index (χ3v) is 25.2. The number of fused-ring (bicyclic) bond motifs is 6. The monoisotopic (exact) mass is 1690 g/mol. The molecular formula is C60H81F3N15O27P3S3. The number of carbonyl (C=O) groups is 6. The number of thioether (sulfide) groups is 3. The first-order valence-corrected chi connectivity index (χ1v) is 40.9. The largest absolute Gasteiger partial charge is 0.475 e. The number of nitrogens with two attached hydrogens (primary N) is 3. The zero-order valence-corrected chi connectivity index (χ0v) is 66.5. The van der Waals surface area contributed by atoms with Crippen LogP contribution in [0.15, 0.2) is 33.4 Å². The predicted molar refractivity (Wildman–Crippen MR) is 385 cm³/mol. The lowest BCUT2D eigenvalue weighted by atomic mass is 9.97. The number of hydrogen-bond acceptors (Lipinski definition) is 39. The quantitative estimate of drug-likeness (QED) is 0.0197. The zero-order valence-electron chi connectivity index (χ0n) is 61.4. The molecule has 1 unspecified atom stereocenters. The lowest BCUT2D eigenvalue weighted by Gasteiger charge is -2.33. The number of imidazole rings is 3. The molecule has 0 aromatic carbocycles. The summed E-state index contributed by atoms with van der Waals surface area (Å²) < 4.78 is 171. The number of phosphoric acid groups is 3. The van der Waals surface area contributed by atoms with Gasteiger partial charge in [0.25, 0.3) is 16.7 Å². The van der Waals surface area contributed by atoms with E-state index >= 15 is 13.2 Å². The summed E-state index contributed by atoms with van der Waals surface area (Å²) in [7, 11) is -12.6. The zero-order chi connectivity index (χ0) is 81.5. The fraction of sp³-hybridized carbons (Fsp3) is 0.650. The molecule has 9 N–H and O–H groups in total. The SMILES string of the molecule is CC(=O)OCC(C)(C)C(=O)SCCOP1(=O)OC[C@H]2O[C@@H](n3cnc4c(=O)[nH]c(N)nc43)[C@](C)(F)[C@@H]2O1.CC(=O)OCC(C)(C)C(=O)SCCO[P@@]1(=O)OC[C@H]2O[C@@H](n3cnc4c(=O)[nH]c(N)nc43)[C@](C)(F)[C@@H]2O1.CC(=O)OCC(C)(C)C(=O)SCCO[P@]1(=O)OC[C@H]2O[C@@H](n3cnc4c(=O)[nH]c(N)nc43)[C@](C)(F)[C@@H]2O1. The first-order chi connectivity index (χ1) is 51.7. The van der Waals surface area contributed by atoms with Crippen LogP contribution in [0.4, 0.5) is 31.0 Å². The number of alkyl halides is 3. The lowest BCUT2D eigenvalue weighted by Crippen LogP contribution is -2.44. The maximum atomic E-state index is 16.0. The van der Waals surface area contributed by atoms with E-state index in [1.807, 2.05) is 0 Å².